The number of benzene rings is 1. The summed E-state index contributed by atoms with van der Waals surface area (Å²) in [6, 6.07) is 8.24. The van der Waals surface area contributed by atoms with E-state index < -0.39 is 11.9 Å². The monoisotopic (exact) mass is 374 g/mol. The third-order valence-corrected chi connectivity index (χ3v) is 3.72. The molecule has 0 atom stereocenters. The van der Waals surface area contributed by atoms with Gasteiger partial charge in [-0.2, -0.15) is 0 Å². The zero-order valence-electron chi connectivity index (χ0n) is 15.4. The van der Waals surface area contributed by atoms with Crippen molar-refractivity contribution in [2.75, 3.05) is 13.7 Å². The summed E-state index contributed by atoms with van der Waals surface area (Å²) in [7, 11) is 1.25. The normalized spacial score (nSPS) is 10.3. The highest BCUT2D eigenvalue weighted by Gasteiger charge is 2.17. The summed E-state index contributed by atoms with van der Waals surface area (Å²) in [5.41, 5.74) is 0.706. The highest BCUT2D eigenvalue weighted by molar-refractivity contribution is 5.97. The Morgan fingerprint density at radius 1 is 1.04 bits per heavy atom. The molecule has 0 unspecified atom stereocenters. The Bertz CT molecular complexity index is 774. The van der Waals surface area contributed by atoms with Crippen LogP contribution in [0.25, 0.3) is 0 Å². The molecule has 27 heavy (non-hydrogen) atoms. The number of ether oxygens (including phenoxy) is 3. The molecule has 1 heterocycles. The maximum absolute atomic E-state index is 12.2. The van der Waals surface area contributed by atoms with Gasteiger partial charge in [-0.25, -0.2) is 4.79 Å². The number of esters is 2. The van der Waals surface area contributed by atoms with Crippen LogP contribution in [0.15, 0.2) is 41.0 Å². The van der Waals surface area contributed by atoms with Crippen molar-refractivity contribution < 1.29 is 33.0 Å². The molecule has 2 aromatic rings. The van der Waals surface area contributed by atoms with E-state index in [9.17, 15) is 14.4 Å². The van der Waals surface area contributed by atoms with Gasteiger partial charge in [0.1, 0.15) is 17.9 Å². The van der Waals surface area contributed by atoms with E-state index in [2.05, 4.69) is 4.74 Å². The molecule has 0 bridgehead atoms. The van der Waals surface area contributed by atoms with E-state index in [4.69, 9.17) is 13.9 Å². The van der Waals surface area contributed by atoms with Gasteiger partial charge in [-0.3, -0.25) is 9.59 Å². The fraction of sp³-hybridized carbons (Fsp3) is 0.350. The summed E-state index contributed by atoms with van der Waals surface area (Å²) in [5, 5.41) is 0. The molecule has 0 aliphatic rings. The van der Waals surface area contributed by atoms with Crippen molar-refractivity contribution in [3.63, 3.8) is 0 Å². The first-order valence-corrected chi connectivity index (χ1v) is 8.61. The number of carbonyl (C=O) groups is 3. The fourth-order valence-corrected chi connectivity index (χ4v) is 2.28. The van der Waals surface area contributed by atoms with Gasteiger partial charge in [0.25, 0.3) is 0 Å². The minimum absolute atomic E-state index is 0.0238. The maximum Gasteiger partial charge on any atom is 0.341 e. The largest absolute Gasteiger partial charge is 0.494 e. The standard InChI is InChI=1S/C20H22O7/c1-3-11-25-15-6-4-14(5-7-15)17(21)8-9-19(22)27-13-18-16(10-12-26-18)20(23)24-2/h4-7,10,12H,3,8-9,11,13H2,1-2H3. The van der Waals surface area contributed by atoms with Gasteiger partial charge in [-0.05, 0) is 36.8 Å². The maximum atomic E-state index is 12.2. The number of methoxy groups -OCH3 is 1. The average Bonchev–Trinajstić information content (AvgIpc) is 3.17. The number of furan rings is 1. The SMILES string of the molecule is CCCOc1ccc(C(=O)CCC(=O)OCc2occc2C(=O)OC)cc1. The van der Waals surface area contributed by atoms with Crippen LogP contribution in [-0.2, 0) is 20.9 Å². The van der Waals surface area contributed by atoms with Crippen LogP contribution in [0.5, 0.6) is 5.75 Å². The molecule has 1 aromatic heterocycles. The van der Waals surface area contributed by atoms with E-state index in [0.717, 1.165) is 6.42 Å². The van der Waals surface area contributed by atoms with Gasteiger partial charge < -0.3 is 18.6 Å². The third-order valence-electron chi connectivity index (χ3n) is 3.72. The first-order chi connectivity index (χ1) is 13.0. The van der Waals surface area contributed by atoms with Gasteiger partial charge in [0.2, 0.25) is 0 Å². The Labute approximate surface area is 157 Å². The topological polar surface area (TPSA) is 92.0 Å². The van der Waals surface area contributed by atoms with Crippen molar-refractivity contribution in [2.24, 2.45) is 0 Å². The smallest absolute Gasteiger partial charge is 0.341 e. The highest BCUT2D eigenvalue weighted by Crippen LogP contribution is 2.16. The second-order valence-electron chi connectivity index (χ2n) is 5.71. The van der Waals surface area contributed by atoms with Gasteiger partial charge in [-0.1, -0.05) is 6.92 Å². The molecular formula is C20H22O7. The molecule has 0 saturated carbocycles. The van der Waals surface area contributed by atoms with E-state index in [1.54, 1.807) is 24.3 Å². The molecular weight excluding hydrogens is 352 g/mol. The minimum Gasteiger partial charge on any atom is -0.494 e. The number of ketones is 1. The van der Waals surface area contributed by atoms with Crippen molar-refractivity contribution in [1.82, 2.24) is 0 Å². The fourth-order valence-electron chi connectivity index (χ4n) is 2.28. The summed E-state index contributed by atoms with van der Waals surface area (Å²) >= 11 is 0. The van der Waals surface area contributed by atoms with Gasteiger partial charge >= 0.3 is 11.9 Å². The lowest BCUT2D eigenvalue weighted by Gasteiger charge is -2.06. The van der Waals surface area contributed by atoms with Gasteiger partial charge in [-0.15, -0.1) is 0 Å². The molecule has 0 saturated heterocycles. The van der Waals surface area contributed by atoms with Crippen molar-refractivity contribution in [1.29, 1.82) is 0 Å². The van der Waals surface area contributed by atoms with E-state index in [1.165, 1.54) is 19.4 Å². The Balaban J connectivity index is 1.79. The molecule has 0 N–H and O–H groups in total. The van der Waals surface area contributed by atoms with Crippen molar-refractivity contribution in [3.8, 4) is 5.75 Å². The van der Waals surface area contributed by atoms with Crippen molar-refractivity contribution >= 4 is 17.7 Å². The van der Waals surface area contributed by atoms with Crippen LogP contribution in [0.2, 0.25) is 0 Å². The molecule has 2 rings (SSSR count). The predicted molar refractivity (Wildman–Crippen MR) is 95.6 cm³/mol. The summed E-state index contributed by atoms with van der Waals surface area (Å²) in [4.78, 5) is 35.5. The molecule has 0 radical (unpaired) electrons. The lowest BCUT2D eigenvalue weighted by atomic mass is 10.1. The van der Waals surface area contributed by atoms with Gasteiger partial charge in [0.05, 0.1) is 26.4 Å². The van der Waals surface area contributed by atoms with Crippen LogP contribution in [0.3, 0.4) is 0 Å². The van der Waals surface area contributed by atoms with Crippen LogP contribution in [0, 0.1) is 0 Å². The second-order valence-corrected chi connectivity index (χ2v) is 5.71. The first-order valence-electron chi connectivity index (χ1n) is 8.61. The molecule has 0 fully saturated rings. The summed E-state index contributed by atoms with van der Waals surface area (Å²) in [6.45, 7) is 2.43. The quantitative estimate of drug-likeness (QED) is 0.464. The van der Waals surface area contributed by atoms with Gasteiger partial charge in [0.15, 0.2) is 11.5 Å². The second kappa shape index (κ2) is 10.2. The van der Waals surface area contributed by atoms with E-state index >= 15 is 0 Å². The lowest BCUT2D eigenvalue weighted by molar-refractivity contribution is -0.145. The molecule has 144 valence electrons. The number of hydrogen-bond donors (Lipinski definition) is 0. The zero-order valence-corrected chi connectivity index (χ0v) is 15.4. The summed E-state index contributed by atoms with van der Waals surface area (Å²) in [5.74, 6) is -0.395. The van der Waals surface area contributed by atoms with Crippen LogP contribution in [-0.4, -0.2) is 31.4 Å². The number of hydrogen-bond acceptors (Lipinski definition) is 7. The van der Waals surface area contributed by atoms with Crippen LogP contribution < -0.4 is 4.74 Å². The average molecular weight is 374 g/mol. The summed E-state index contributed by atoms with van der Waals surface area (Å²) < 4.78 is 20.2. The molecule has 0 aliphatic heterocycles. The lowest BCUT2D eigenvalue weighted by Crippen LogP contribution is -2.10. The summed E-state index contributed by atoms with van der Waals surface area (Å²) in [6.07, 6.45) is 2.17. The van der Waals surface area contributed by atoms with Crippen LogP contribution in [0.4, 0.5) is 0 Å². The zero-order chi connectivity index (χ0) is 19.6. The predicted octanol–water partition coefficient (Wildman–Crippen LogP) is 3.56. The van der Waals surface area contributed by atoms with E-state index in [1.807, 2.05) is 6.92 Å². The Morgan fingerprint density at radius 2 is 1.78 bits per heavy atom. The third kappa shape index (κ3) is 5.99. The molecule has 1 aromatic carbocycles. The number of Topliss-reactive ketones (excluding diaryl/α,β-unsaturated/α-hetero) is 1. The van der Waals surface area contributed by atoms with E-state index in [-0.39, 0.29) is 36.6 Å². The molecule has 0 aliphatic carbocycles. The molecule has 0 amide bonds. The highest BCUT2D eigenvalue weighted by atomic mass is 16.5. The first kappa shape index (κ1) is 20.2. The number of carbonyl (C=O) groups excluding carboxylic acids is 3. The Kier molecular flexibility index (Phi) is 7.61. The van der Waals surface area contributed by atoms with Gasteiger partial charge in [0, 0.05) is 12.0 Å². The molecule has 7 nitrogen and oxygen atoms in total. The molecule has 7 heteroatoms. The van der Waals surface area contributed by atoms with Crippen LogP contribution >= 0.6 is 0 Å². The minimum atomic E-state index is -0.573. The van der Waals surface area contributed by atoms with Crippen LogP contribution in [0.1, 0.15) is 52.7 Å². The molecule has 0 spiro atoms. The Hall–Kier alpha value is -3.09. The Morgan fingerprint density at radius 3 is 2.44 bits per heavy atom. The van der Waals surface area contributed by atoms with E-state index in [0.29, 0.717) is 17.9 Å². The van der Waals surface area contributed by atoms with Crippen molar-refractivity contribution in [3.05, 3.63) is 53.5 Å². The number of rotatable bonds is 10. The van der Waals surface area contributed by atoms with Crippen molar-refractivity contribution in [2.45, 2.75) is 32.8 Å².